The van der Waals surface area contributed by atoms with Crippen molar-refractivity contribution in [2.75, 3.05) is 6.54 Å². The predicted octanol–water partition coefficient (Wildman–Crippen LogP) is 2.33. The van der Waals surface area contributed by atoms with Gasteiger partial charge >= 0.3 is 0 Å². The number of sulfonamides is 1. The summed E-state index contributed by atoms with van der Waals surface area (Å²) in [4.78, 5) is 16.7. The summed E-state index contributed by atoms with van der Waals surface area (Å²) in [5.74, 6) is -0.344. The normalized spacial score (nSPS) is 11.2. The summed E-state index contributed by atoms with van der Waals surface area (Å²) in [5.41, 5.74) is 2.32. The molecule has 3 aromatic rings. The zero-order valence-electron chi connectivity index (χ0n) is 15.8. The van der Waals surface area contributed by atoms with Crippen LogP contribution in [0.2, 0.25) is 0 Å². The zero-order valence-corrected chi connectivity index (χ0v) is 16.6. The van der Waals surface area contributed by atoms with Crippen molar-refractivity contribution in [2.45, 2.75) is 18.0 Å². The molecule has 0 saturated heterocycles. The van der Waals surface area contributed by atoms with E-state index < -0.39 is 10.0 Å². The van der Waals surface area contributed by atoms with Crippen LogP contribution in [0, 0.1) is 0 Å². The van der Waals surface area contributed by atoms with Crippen molar-refractivity contribution in [3.05, 3.63) is 96.6 Å². The van der Waals surface area contributed by atoms with Gasteiger partial charge in [0.05, 0.1) is 11.2 Å². The van der Waals surface area contributed by atoms with Crippen LogP contribution in [0.3, 0.4) is 0 Å². The van der Waals surface area contributed by atoms with Crippen molar-refractivity contribution in [3.63, 3.8) is 0 Å². The van der Waals surface area contributed by atoms with E-state index in [1.807, 2.05) is 35.0 Å². The number of amides is 1. The molecule has 29 heavy (non-hydrogen) atoms. The highest BCUT2D eigenvalue weighted by molar-refractivity contribution is 7.89. The number of rotatable bonds is 9. The SMILES string of the molecule is C=CCNS(=O)(=O)c1cccc(C(=O)NCc2ccccc2Cn2ccnc2)c1. The van der Waals surface area contributed by atoms with E-state index in [4.69, 9.17) is 0 Å². The van der Waals surface area contributed by atoms with Crippen LogP contribution in [0.25, 0.3) is 0 Å². The summed E-state index contributed by atoms with van der Waals surface area (Å²) in [5, 5.41) is 2.86. The molecule has 8 heteroatoms. The molecule has 0 bridgehead atoms. The number of hydrogen-bond donors (Lipinski definition) is 2. The third-order valence-electron chi connectivity index (χ3n) is 4.29. The Labute approximate surface area is 170 Å². The minimum Gasteiger partial charge on any atom is -0.348 e. The number of carbonyl (C=O) groups is 1. The molecular weight excluding hydrogens is 388 g/mol. The molecule has 2 aromatic carbocycles. The average molecular weight is 410 g/mol. The summed E-state index contributed by atoms with van der Waals surface area (Å²) in [7, 11) is -3.69. The van der Waals surface area contributed by atoms with Crippen molar-refractivity contribution >= 4 is 15.9 Å². The molecule has 150 valence electrons. The van der Waals surface area contributed by atoms with Crippen LogP contribution >= 0.6 is 0 Å². The monoisotopic (exact) mass is 410 g/mol. The first-order valence-electron chi connectivity index (χ1n) is 9.01. The fourth-order valence-corrected chi connectivity index (χ4v) is 3.84. The van der Waals surface area contributed by atoms with Crippen LogP contribution in [0.15, 0.2) is 84.8 Å². The molecule has 1 amide bonds. The second kappa shape index (κ2) is 9.31. The predicted molar refractivity (Wildman–Crippen MR) is 111 cm³/mol. The van der Waals surface area contributed by atoms with Gasteiger partial charge < -0.3 is 9.88 Å². The van der Waals surface area contributed by atoms with Crippen LogP contribution in [-0.2, 0) is 23.1 Å². The summed E-state index contributed by atoms with van der Waals surface area (Å²) < 4.78 is 28.8. The van der Waals surface area contributed by atoms with Gasteiger partial charge in [0.25, 0.3) is 5.91 Å². The first-order valence-corrected chi connectivity index (χ1v) is 10.5. The smallest absolute Gasteiger partial charge is 0.251 e. The molecule has 0 aliphatic carbocycles. The highest BCUT2D eigenvalue weighted by atomic mass is 32.2. The average Bonchev–Trinajstić information content (AvgIpc) is 3.24. The minimum atomic E-state index is -3.69. The van der Waals surface area contributed by atoms with E-state index in [9.17, 15) is 13.2 Å². The third kappa shape index (κ3) is 5.40. The fraction of sp³-hybridized carbons (Fsp3) is 0.143. The molecule has 1 heterocycles. The number of benzene rings is 2. The number of aromatic nitrogens is 2. The second-order valence-electron chi connectivity index (χ2n) is 6.35. The van der Waals surface area contributed by atoms with Gasteiger partial charge in [0, 0.05) is 37.6 Å². The molecule has 2 N–H and O–H groups in total. The maximum Gasteiger partial charge on any atom is 0.251 e. The third-order valence-corrected chi connectivity index (χ3v) is 5.72. The second-order valence-corrected chi connectivity index (χ2v) is 8.12. The van der Waals surface area contributed by atoms with Crippen LogP contribution in [0.4, 0.5) is 0 Å². The Morgan fingerprint density at radius 1 is 1.14 bits per heavy atom. The topological polar surface area (TPSA) is 93.1 Å². The molecule has 0 spiro atoms. The van der Waals surface area contributed by atoms with Crippen molar-refractivity contribution in [3.8, 4) is 0 Å². The lowest BCUT2D eigenvalue weighted by Gasteiger charge is -2.12. The van der Waals surface area contributed by atoms with Gasteiger partial charge in [-0.25, -0.2) is 18.1 Å². The van der Waals surface area contributed by atoms with Crippen LogP contribution in [-0.4, -0.2) is 30.4 Å². The summed E-state index contributed by atoms with van der Waals surface area (Å²) >= 11 is 0. The number of hydrogen-bond acceptors (Lipinski definition) is 4. The van der Waals surface area contributed by atoms with Gasteiger partial charge in [-0.1, -0.05) is 36.4 Å². The molecule has 1 aromatic heterocycles. The van der Waals surface area contributed by atoms with E-state index in [2.05, 4.69) is 21.6 Å². The number of nitrogens with zero attached hydrogens (tertiary/aromatic N) is 2. The van der Waals surface area contributed by atoms with Gasteiger partial charge in [-0.2, -0.15) is 0 Å². The molecule has 0 saturated carbocycles. The first-order chi connectivity index (χ1) is 14.0. The summed E-state index contributed by atoms with van der Waals surface area (Å²) in [6.07, 6.45) is 6.79. The van der Waals surface area contributed by atoms with Gasteiger partial charge in [0.15, 0.2) is 0 Å². The zero-order chi connectivity index (χ0) is 20.7. The molecule has 0 unspecified atom stereocenters. The Morgan fingerprint density at radius 2 is 1.93 bits per heavy atom. The molecule has 0 atom stereocenters. The number of nitrogens with one attached hydrogen (secondary N) is 2. The van der Waals surface area contributed by atoms with Gasteiger partial charge in [-0.3, -0.25) is 4.79 Å². The highest BCUT2D eigenvalue weighted by Gasteiger charge is 2.15. The van der Waals surface area contributed by atoms with E-state index >= 15 is 0 Å². The van der Waals surface area contributed by atoms with Crippen molar-refractivity contribution in [1.82, 2.24) is 19.6 Å². The van der Waals surface area contributed by atoms with Crippen LogP contribution in [0.1, 0.15) is 21.5 Å². The standard InChI is InChI=1S/C21H22N4O3S/c1-2-10-24-29(27,28)20-9-5-8-17(13-20)21(26)23-14-18-6-3-4-7-19(18)15-25-12-11-22-16-25/h2-9,11-13,16,24H,1,10,14-15H2,(H,23,26). The molecular formula is C21H22N4O3S. The lowest BCUT2D eigenvalue weighted by molar-refractivity contribution is 0.0950. The largest absolute Gasteiger partial charge is 0.348 e. The lowest BCUT2D eigenvalue weighted by Crippen LogP contribution is -2.26. The number of imidazole rings is 1. The van der Waals surface area contributed by atoms with E-state index in [1.165, 1.54) is 18.2 Å². The van der Waals surface area contributed by atoms with E-state index in [0.717, 1.165) is 11.1 Å². The van der Waals surface area contributed by atoms with Crippen molar-refractivity contribution in [1.29, 1.82) is 0 Å². The molecule has 0 fully saturated rings. The molecule has 3 rings (SSSR count). The molecule has 0 aliphatic rings. The van der Waals surface area contributed by atoms with E-state index in [-0.39, 0.29) is 22.9 Å². The van der Waals surface area contributed by atoms with Crippen LogP contribution < -0.4 is 10.0 Å². The van der Waals surface area contributed by atoms with E-state index in [0.29, 0.717) is 13.1 Å². The Bertz CT molecular complexity index is 1090. The lowest BCUT2D eigenvalue weighted by atomic mass is 10.1. The minimum absolute atomic E-state index is 0.0347. The Hall–Kier alpha value is -3.23. The van der Waals surface area contributed by atoms with E-state index in [1.54, 1.807) is 24.7 Å². The Balaban J connectivity index is 1.70. The number of carbonyl (C=O) groups excluding carboxylic acids is 1. The van der Waals surface area contributed by atoms with Gasteiger partial charge in [0.1, 0.15) is 0 Å². The Morgan fingerprint density at radius 3 is 2.66 bits per heavy atom. The molecule has 0 aliphatic heterocycles. The summed E-state index contributed by atoms with van der Waals surface area (Å²) in [6.45, 7) is 4.58. The highest BCUT2D eigenvalue weighted by Crippen LogP contribution is 2.13. The van der Waals surface area contributed by atoms with Crippen molar-refractivity contribution in [2.24, 2.45) is 0 Å². The quantitative estimate of drug-likeness (QED) is 0.530. The fourth-order valence-electron chi connectivity index (χ4n) is 2.80. The van der Waals surface area contributed by atoms with Gasteiger partial charge in [-0.15, -0.1) is 6.58 Å². The maximum atomic E-state index is 12.6. The first kappa shape index (κ1) is 20.5. The van der Waals surface area contributed by atoms with Crippen LogP contribution in [0.5, 0.6) is 0 Å². The maximum absolute atomic E-state index is 12.6. The summed E-state index contributed by atoms with van der Waals surface area (Å²) in [6, 6.07) is 13.7. The Kier molecular flexibility index (Phi) is 6.58. The van der Waals surface area contributed by atoms with Gasteiger partial charge in [-0.05, 0) is 29.3 Å². The molecule has 0 radical (unpaired) electrons. The van der Waals surface area contributed by atoms with Gasteiger partial charge in [0.2, 0.25) is 10.0 Å². The molecule has 7 nitrogen and oxygen atoms in total. The van der Waals surface area contributed by atoms with Crippen molar-refractivity contribution < 1.29 is 13.2 Å².